The molecule has 0 heterocycles. The average molecular weight is 159 g/mol. The van der Waals surface area contributed by atoms with Crippen molar-refractivity contribution in [2.45, 2.75) is 39.2 Å². The third-order valence-electron chi connectivity index (χ3n) is 1.94. The molecule has 0 fully saturated rings. The number of hydrogen-bond donors (Lipinski definition) is 1. The Bertz CT molecular complexity index is 102. The molecule has 0 aromatic heterocycles. The highest BCUT2D eigenvalue weighted by molar-refractivity contribution is 4.74. The maximum absolute atomic E-state index is 9.77. The Hall–Kier alpha value is -0.0800. The molecular weight excluding hydrogens is 138 g/mol. The van der Waals surface area contributed by atoms with Crippen molar-refractivity contribution in [3.05, 3.63) is 0 Å². The fourth-order valence-electron chi connectivity index (χ4n) is 1.31. The highest BCUT2D eigenvalue weighted by atomic mass is 16.3. The minimum atomic E-state index is -0.500. The zero-order chi connectivity index (χ0) is 8.91. The third kappa shape index (κ3) is 5.22. The third-order valence-corrected chi connectivity index (χ3v) is 1.94. The summed E-state index contributed by atoms with van der Waals surface area (Å²) >= 11 is 0. The topological polar surface area (TPSA) is 23.5 Å². The van der Waals surface area contributed by atoms with E-state index in [1.165, 1.54) is 0 Å². The van der Waals surface area contributed by atoms with Gasteiger partial charge in [0.1, 0.15) is 0 Å². The number of likely N-dealkylation sites (N-methyl/N-ethyl adjacent to an activating group) is 1. The summed E-state index contributed by atoms with van der Waals surface area (Å²) in [5.74, 6) is 0. The Morgan fingerprint density at radius 2 is 1.91 bits per heavy atom. The molecule has 0 bridgehead atoms. The zero-order valence-corrected chi connectivity index (χ0v) is 8.22. The Balaban J connectivity index is 3.70. The van der Waals surface area contributed by atoms with E-state index in [0.717, 1.165) is 25.9 Å². The van der Waals surface area contributed by atoms with Crippen LogP contribution in [0.4, 0.5) is 0 Å². The van der Waals surface area contributed by atoms with E-state index >= 15 is 0 Å². The monoisotopic (exact) mass is 159 g/mol. The first-order chi connectivity index (χ1) is 5.02. The van der Waals surface area contributed by atoms with Crippen molar-refractivity contribution in [1.82, 2.24) is 4.90 Å². The predicted molar refractivity (Wildman–Crippen MR) is 48.7 cm³/mol. The minimum absolute atomic E-state index is 0.500. The average Bonchev–Trinajstić information content (AvgIpc) is 1.86. The Morgan fingerprint density at radius 3 is 2.27 bits per heavy atom. The Labute approximate surface area is 70.2 Å². The summed E-state index contributed by atoms with van der Waals surface area (Å²) in [6, 6.07) is 0. The van der Waals surface area contributed by atoms with Gasteiger partial charge in [-0.1, -0.05) is 20.3 Å². The van der Waals surface area contributed by atoms with E-state index in [2.05, 4.69) is 18.7 Å². The molecule has 0 aliphatic rings. The molecule has 1 unspecified atom stereocenters. The van der Waals surface area contributed by atoms with Crippen LogP contribution in [0.5, 0.6) is 0 Å². The van der Waals surface area contributed by atoms with Gasteiger partial charge in [0.15, 0.2) is 0 Å². The fourth-order valence-corrected chi connectivity index (χ4v) is 1.31. The van der Waals surface area contributed by atoms with Crippen LogP contribution >= 0.6 is 0 Å². The molecule has 1 N–H and O–H groups in total. The molecule has 0 aromatic carbocycles. The van der Waals surface area contributed by atoms with Crippen molar-refractivity contribution in [3.63, 3.8) is 0 Å². The molecule has 0 rings (SSSR count). The van der Waals surface area contributed by atoms with Crippen molar-refractivity contribution in [2.75, 3.05) is 20.1 Å². The summed E-state index contributed by atoms with van der Waals surface area (Å²) in [5, 5.41) is 9.77. The van der Waals surface area contributed by atoms with Gasteiger partial charge >= 0.3 is 0 Å². The van der Waals surface area contributed by atoms with Crippen molar-refractivity contribution in [2.24, 2.45) is 0 Å². The van der Waals surface area contributed by atoms with Crippen LogP contribution in [0.15, 0.2) is 0 Å². The van der Waals surface area contributed by atoms with Gasteiger partial charge in [-0.15, -0.1) is 0 Å². The lowest BCUT2D eigenvalue weighted by Crippen LogP contribution is -2.38. The smallest absolute Gasteiger partial charge is 0.0745 e. The molecule has 68 valence electrons. The van der Waals surface area contributed by atoms with Crippen LogP contribution in [-0.4, -0.2) is 35.7 Å². The lowest BCUT2D eigenvalue weighted by Gasteiger charge is -2.27. The van der Waals surface area contributed by atoms with E-state index in [0.29, 0.717) is 0 Å². The highest BCUT2D eigenvalue weighted by Crippen LogP contribution is 2.12. The summed E-state index contributed by atoms with van der Waals surface area (Å²) in [6.07, 6.45) is 1.93. The van der Waals surface area contributed by atoms with E-state index in [4.69, 9.17) is 0 Å². The van der Waals surface area contributed by atoms with Crippen LogP contribution in [0.2, 0.25) is 0 Å². The van der Waals surface area contributed by atoms with Gasteiger partial charge in [-0.2, -0.15) is 0 Å². The normalized spacial score (nSPS) is 16.9. The molecule has 0 amide bonds. The SMILES string of the molecule is CCCC(C)(O)CN(C)CC. The zero-order valence-electron chi connectivity index (χ0n) is 8.22. The van der Waals surface area contributed by atoms with Gasteiger partial charge in [0, 0.05) is 6.54 Å². The lowest BCUT2D eigenvalue weighted by molar-refractivity contribution is 0.0201. The molecule has 0 aromatic rings. The number of aliphatic hydroxyl groups is 1. The molecule has 0 radical (unpaired) electrons. The Kier molecular flexibility index (Phi) is 4.69. The van der Waals surface area contributed by atoms with Gasteiger partial charge in [-0.25, -0.2) is 0 Å². The lowest BCUT2D eigenvalue weighted by atomic mass is 10.0. The van der Waals surface area contributed by atoms with Gasteiger partial charge in [-0.05, 0) is 26.9 Å². The predicted octanol–water partition coefficient (Wildman–Crippen LogP) is 1.49. The van der Waals surface area contributed by atoms with Gasteiger partial charge in [0.2, 0.25) is 0 Å². The number of rotatable bonds is 5. The summed E-state index contributed by atoms with van der Waals surface area (Å²) in [4.78, 5) is 2.13. The van der Waals surface area contributed by atoms with Gasteiger partial charge < -0.3 is 10.0 Å². The first-order valence-electron chi connectivity index (χ1n) is 4.42. The standard InChI is InChI=1S/C9H21NO/c1-5-7-9(3,11)8-10(4)6-2/h11H,5-8H2,1-4H3. The molecule has 1 atom stereocenters. The van der Waals surface area contributed by atoms with Gasteiger partial charge in [0.25, 0.3) is 0 Å². The van der Waals surface area contributed by atoms with Crippen LogP contribution in [0, 0.1) is 0 Å². The van der Waals surface area contributed by atoms with E-state index in [1.54, 1.807) is 0 Å². The fraction of sp³-hybridized carbons (Fsp3) is 1.00. The van der Waals surface area contributed by atoms with Crippen LogP contribution in [0.25, 0.3) is 0 Å². The summed E-state index contributed by atoms with van der Waals surface area (Å²) in [6.45, 7) is 7.88. The molecule has 11 heavy (non-hydrogen) atoms. The molecule has 2 heteroatoms. The quantitative estimate of drug-likeness (QED) is 0.657. The number of hydrogen-bond acceptors (Lipinski definition) is 2. The summed E-state index contributed by atoms with van der Waals surface area (Å²) in [7, 11) is 2.03. The molecule has 0 aliphatic heterocycles. The second kappa shape index (κ2) is 4.73. The summed E-state index contributed by atoms with van der Waals surface area (Å²) < 4.78 is 0. The second-order valence-corrected chi connectivity index (χ2v) is 3.58. The molecule has 0 saturated heterocycles. The maximum atomic E-state index is 9.77. The molecule has 0 spiro atoms. The molecule has 0 saturated carbocycles. The van der Waals surface area contributed by atoms with E-state index < -0.39 is 5.60 Å². The van der Waals surface area contributed by atoms with Crippen LogP contribution in [0.1, 0.15) is 33.6 Å². The van der Waals surface area contributed by atoms with Crippen molar-refractivity contribution >= 4 is 0 Å². The highest BCUT2D eigenvalue weighted by Gasteiger charge is 2.19. The maximum Gasteiger partial charge on any atom is 0.0745 e. The second-order valence-electron chi connectivity index (χ2n) is 3.58. The minimum Gasteiger partial charge on any atom is -0.389 e. The van der Waals surface area contributed by atoms with Crippen molar-refractivity contribution < 1.29 is 5.11 Å². The molecular formula is C9H21NO. The largest absolute Gasteiger partial charge is 0.389 e. The summed E-state index contributed by atoms with van der Waals surface area (Å²) in [5.41, 5.74) is -0.500. The first-order valence-corrected chi connectivity index (χ1v) is 4.42. The van der Waals surface area contributed by atoms with Crippen molar-refractivity contribution in [3.8, 4) is 0 Å². The van der Waals surface area contributed by atoms with Crippen LogP contribution in [-0.2, 0) is 0 Å². The van der Waals surface area contributed by atoms with E-state index in [1.807, 2.05) is 14.0 Å². The van der Waals surface area contributed by atoms with Gasteiger partial charge in [-0.3, -0.25) is 0 Å². The van der Waals surface area contributed by atoms with Crippen LogP contribution in [0.3, 0.4) is 0 Å². The van der Waals surface area contributed by atoms with E-state index in [9.17, 15) is 5.11 Å². The number of nitrogens with zero attached hydrogens (tertiary/aromatic N) is 1. The van der Waals surface area contributed by atoms with Gasteiger partial charge in [0.05, 0.1) is 5.60 Å². The first kappa shape index (κ1) is 10.9. The van der Waals surface area contributed by atoms with Crippen LogP contribution < -0.4 is 0 Å². The molecule has 2 nitrogen and oxygen atoms in total. The Morgan fingerprint density at radius 1 is 1.36 bits per heavy atom. The molecule has 0 aliphatic carbocycles. The van der Waals surface area contributed by atoms with E-state index in [-0.39, 0.29) is 0 Å². The van der Waals surface area contributed by atoms with Crippen molar-refractivity contribution in [1.29, 1.82) is 0 Å².